The van der Waals surface area contributed by atoms with E-state index in [0.29, 0.717) is 30.8 Å². The van der Waals surface area contributed by atoms with Gasteiger partial charge in [0.2, 0.25) is 0 Å². The van der Waals surface area contributed by atoms with Gasteiger partial charge >= 0.3 is 0 Å². The lowest BCUT2D eigenvalue weighted by molar-refractivity contribution is 0.0948. The number of sulfonamides is 1. The highest BCUT2D eigenvalue weighted by Crippen LogP contribution is 2.18. The summed E-state index contributed by atoms with van der Waals surface area (Å²) in [5.41, 5.74) is 1.73. The molecule has 0 spiro atoms. The third-order valence-corrected chi connectivity index (χ3v) is 4.87. The summed E-state index contributed by atoms with van der Waals surface area (Å²) < 4.78 is 32.5. The Morgan fingerprint density at radius 1 is 1.12 bits per heavy atom. The Kier molecular flexibility index (Phi) is 6.55. The van der Waals surface area contributed by atoms with Crippen molar-refractivity contribution in [2.24, 2.45) is 0 Å². The summed E-state index contributed by atoms with van der Waals surface area (Å²) in [6.45, 7) is 2.90. The van der Waals surface area contributed by atoms with Crippen LogP contribution in [0.2, 0.25) is 0 Å². The van der Waals surface area contributed by atoms with Crippen molar-refractivity contribution >= 4 is 21.6 Å². The number of rotatable bonds is 8. The topological polar surface area (TPSA) is 84.5 Å². The molecule has 0 aliphatic heterocycles. The summed E-state index contributed by atoms with van der Waals surface area (Å²) in [6.07, 6.45) is 0.690. The number of nitrogens with one attached hydrogen (secondary N) is 2. The molecule has 0 aliphatic carbocycles. The first-order chi connectivity index (χ1) is 11.9. The number of hydrogen-bond donors (Lipinski definition) is 2. The van der Waals surface area contributed by atoms with E-state index in [9.17, 15) is 13.2 Å². The van der Waals surface area contributed by atoms with E-state index in [4.69, 9.17) is 4.74 Å². The highest BCUT2D eigenvalue weighted by molar-refractivity contribution is 7.92. The molecule has 0 bridgehead atoms. The normalized spacial score (nSPS) is 11.1. The van der Waals surface area contributed by atoms with Gasteiger partial charge in [0.05, 0.1) is 4.90 Å². The molecular weight excluding hydrogens is 340 g/mol. The first kappa shape index (κ1) is 19.0. The first-order valence-electron chi connectivity index (χ1n) is 7.89. The first-order valence-corrected chi connectivity index (χ1v) is 9.37. The Hall–Kier alpha value is -2.38. The number of anilines is 1. The molecule has 7 heteroatoms. The maximum atomic E-state index is 12.5. The minimum absolute atomic E-state index is 0.0403. The van der Waals surface area contributed by atoms with E-state index in [1.165, 1.54) is 12.1 Å². The van der Waals surface area contributed by atoms with Crippen LogP contribution in [0.4, 0.5) is 5.69 Å². The molecule has 0 aromatic heterocycles. The molecule has 134 valence electrons. The zero-order valence-corrected chi connectivity index (χ0v) is 15.1. The second-order valence-electron chi connectivity index (χ2n) is 5.61. The lowest BCUT2D eigenvalue weighted by Gasteiger charge is -2.10. The van der Waals surface area contributed by atoms with Gasteiger partial charge in [0, 0.05) is 31.5 Å². The van der Waals surface area contributed by atoms with Crippen LogP contribution in [-0.4, -0.2) is 34.6 Å². The molecule has 0 fully saturated rings. The fourth-order valence-electron chi connectivity index (χ4n) is 2.25. The molecule has 0 unspecified atom stereocenters. The van der Waals surface area contributed by atoms with E-state index >= 15 is 0 Å². The van der Waals surface area contributed by atoms with Crippen LogP contribution in [0, 0.1) is 6.92 Å². The van der Waals surface area contributed by atoms with E-state index in [1.807, 2.05) is 13.0 Å². The smallest absolute Gasteiger partial charge is 0.261 e. The Morgan fingerprint density at radius 3 is 2.60 bits per heavy atom. The van der Waals surface area contributed by atoms with Gasteiger partial charge in [-0.1, -0.05) is 18.2 Å². The number of carbonyl (C=O) groups is 1. The minimum Gasteiger partial charge on any atom is -0.385 e. The second-order valence-corrected chi connectivity index (χ2v) is 7.29. The van der Waals surface area contributed by atoms with Crippen LogP contribution >= 0.6 is 0 Å². The van der Waals surface area contributed by atoms with Crippen molar-refractivity contribution in [2.75, 3.05) is 25.0 Å². The highest BCUT2D eigenvalue weighted by atomic mass is 32.2. The van der Waals surface area contributed by atoms with Crippen molar-refractivity contribution in [3.63, 3.8) is 0 Å². The lowest BCUT2D eigenvalue weighted by atomic mass is 10.2. The summed E-state index contributed by atoms with van der Waals surface area (Å²) in [7, 11) is -2.17. The van der Waals surface area contributed by atoms with Gasteiger partial charge in [-0.05, 0) is 49.2 Å². The van der Waals surface area contributed by atoms with Crippen molar-refractivity contribution in [3.8, 4) is 0 Å². The van der Waals surface area contributed by atoms with Crippen molar-refractivity contribution in [1.29, 1.82) is 0 Å². The monoisotopic (exact) mass is 362 g/mol. The van der Waals surface area contributed by atoms with Gasteiger partial charge in [-0.3, -0.25) is 9.52 Å². The van der Waals surface area contributed by atoms with E-state index in [0.717, 1.165) is 5.56 Å². The Bertz CT molecular complexity index is 834. The van der Waals surface area contributed by atoms with Crippen LogP contribution in [0.15, 0.2) is 53.4 Å². The van der Waals surface area contributed by atoms with Crippen LogP contribution in [-0.2, 0) is 14.8 Å². The molecule has 2 aromatic carbocycles. The van der Waals surface area contributed by atoms with E-state index < -0.39 is 10.0 Å². The van der Waals surface area contributed by atoms with Crippen LogP contribution < -0.4 is 10.0 Å². The summed E-state index contributed by atoms with van der Waals surface area (Å²) in [6, 6.07) is 13.0. The molecular formula is C18H22N2O4S. The molecule has 0 radical (unpaired) electrons. The number of methoxy groups -OCH3 is 1. The molecule has 0 saturated heterocycles. The van der Waals surface area contributed by atoms with Gasteiger partial charge in [0.15, 0.2) is 0 Å². The van der Waals surface area contributed by atoms with Gasteiger partial charge < -0.3 is 10.1 Å². The quantitative estimate of drug-likeness (QED) is 0.707. The van der Waals surface area contributed by atoms with Crippen LogP contribution in [0.25, 0.3) is 0 Å². The average Bonchev–Trinajstić information content (AvgIpc) is 2.58. The highest BCUT2D eigenvalue weighted by Gasteiger charge is 2.16. The molecule has 2 N–H and O–H groups in total. The van der Waals surface area contributed by atoms with Gasteiger partial charge in [0.1, 0.15) is 0 Å². The van der Waals surface area contributed by atoms with Crippen molar-refractivity contribution in [3.05, 3.63) is 59.7 Å². The summed E-state index contributed by atoms with van der Waals surface area (Å²) in [5.74, 6) is -0.316. The number of aryl methyl sites for hydroxylation is 1. The molecule has 0 heterocycles. The third-order valence-electron chi connectivity index (χ3n) is 3.49. The van der Waals surface area contributed by atoms with Crippen molar-refractivity contribution in [1.82, 2.24) is 5.32 Å². The standard InChI is InChI=1S/C18H22N2O4S/c1-14-6-3-8-16(12-14)20-25(22,23)17-9-4-7-15(13-17)18(21)19-10-5-11-24-2/h3-4,6-9,12-13,20H,5,10-11H2,1-2H3,(H,19,21). The third kappa shape index (κ3) is 5.58. The lowest BCUT2D eigenvalue weighted by Crippen LogP contribution is -2.25. The Balaban J connectivity index is 2.12. The molecule has 6 nitrogen and oxygen atoms in total. The predicted molar refractivity (Wildman–Crippen MR) is 97.3 cm³/mol. The summed E-state index contributed by atoms with van der Waals surface area (Å²) in [5, 5.41) is 2.74. The van der Waals surface area contributed by atoms with Gasteiger partial charge in [-0.15, -0.1) is 0 Å². The fourth-order valence-corrected chi connectivity index (χ4v) is 3.34. The molecule has 2 rings (SSSR count). The van der Waals surface area contributed by atoms with Crippen LogP contribution in [0.5, 0.6) is 0 Å². The van der Waals surface area contributed by atoms with Gasteiger partial charge in [-0.25, -0.2) is 8.42 Å². The van der Waals surface area contributed by atoms with E-state index in [1.54, 1.807) is 37.4 Å². The summed E-state index contributed by atoms with van der Waals surface area (Å²) >= 11 is 0. The van der Waals surface area contributed by atoms with Crippen molar-refractivity contribution < 1.29 is 17.9 Å². The molecule has 1 amide bonds. The van der Waals surface area contributed by atoms with Crippen LogP contribution in [0.1, 0.15) is 22.3 Å². The fraction of sp³-hybridized carbons (Fsp3) is 0.278. The Labute approximate surface area is 148 Å². The molecule has 0 atom stereocenters. The molecule has 2 aromatic rings. The maximum Gasteiger partial charge on any atom is 0.261 e. The number of amides is 1. The average molecular weight is 362 g/mol. The minimum atomic E-state index is -3.77. The number of ether oxygens (including phenoxy) is 1. The second kappa shape index (κ2) is 8.64. The number of hydrogen-bond acceptors (Lipinski definition) is 4. The van der Waals surface area contributed by atoms with E-state index in [-0.39, 0.29) is 10.8 Å². The van der Waals surface area contributed by atoms with Crippen molar-refractivity contribution in [2.45, 2.75) is 18.2 Å². The number of benzene rings is 2. The summed E-state index contributed by atoms with van der Waals surface area (Å²) in [4.78, 5) is 12.2. The predicted octanol–water partition coefficient (Wildman–Crippen LogP) is 2.56. The van der Waals surface area contributed by atoms with E-state index in [2.05, 4.69) is 10.0 Å². The number of carbonyl (C=O) groups excluding carboxylic acids is 1. The zero-order valence-electron chi connectivity index (χ0n) is 14.3. The Morgan fingerprint density at radius 2 is 1.88 bits per heavy atom. The maximum absolute atomic E-state index is 12.5. The van der Waals surface area contributed by atoms with Gasteiger partial charge in [0.25, 0.3) is 15.9 Å². The zero-order chi connectivity index (χ0) is 18.3. The molecule has 0 saturated carbocycles. The SMILES string of the molecule is COCCCNC(=O)c1cccc(S(=O)(=O)Nc2cccc(C)c2)c1. The molecule has 0 aliphatic rings. The largest absolute Gasteiger partial charge is 0.385 e. The molecule has 25 heavy (non-hydrogen) atoms. The van der Waals surface area contributed by atoms with Gasteiger partial charge in [-0.2, -0.15) is 0 Å². The van der Waals surface area contributed by atoms with Crippen LogP contribution in [0.3, 0.4) is 0 Å².